The van der Waals surface area contributed by atoms with Gasteiger partial charge in [0.15, 0.2) is 5.96 Å². The first-order valence-corrected chi connectivity index (χ1v) is 10.7. The van der Waals surface area contributed by atoms with Crippen LogP contribution in [0.4, 0.5) is 4.79 Å². The van der Waals surface area contributed by atoms with E-state index in [9.17, 15) is 4.79 Å². The number of ether oxygens (including phenoxy) is 2. The Morgan fingerprint density at radius 2 is 2.00 bits per heavy atom. The number of piperidine rings is 1. The number of hydrogen-bond donors (Lipinski definition) is 2. The molecule has 2 heterocycles. The molecule has 1 aliphatic heterocycles. The number of likely N-dealkylation sites (tertiary alicyclic amines) is 1. The topological polar surface area (TPSA) is 88.1 Å². The van der Waals surface area contributed by atoms with E-state index in [1.165, 1.54) is 12.8 Å². The molecule has 2 fully saturated rings. The lowest BCUT2D eigenvalue weighted by atomic mass is 10.1. The zero-order valence-electron chi connectivity index (χ0n) is 17.9. The van der Waals surface area contributed by atoms with Crippen LogP contribution in [-0.4, -0.2) is 60.8 Å². The quantitative estimate of drug-likeness (QED) is 0.333. The van der Waals surface area contributed by atoms with Gasteiger partial charge in [0.25, 0.3) is 0 Å². The third-order valence-electron chi connectivity index (χ3n) is 5.46. The lowest BCUT2D eigenvalue weighted by Gasteiger charge is -2.32. The molecule has 1 aliphatic carbocycles. The van der Waals surface area contributed by atoms with E-state index in [1.54, 1.807) is 18.1 Å². The van der Waals surface area contributed by atoms with Crippen molar-refractivity contribution in [1.82, 2.24) is 20.5 Å². The summed E-state index contributed by atoms with van der Waals surface area (Å²) in [6.45, 7) is 4.21. The van der Waals surface area contributed by atoms with Crippen LogP contribution < -0.4 is 15.4 Å². The van der Waals surface area contributed by atoms with Crippen LogP contribution in [-0.2, 0) is 11.3 Å². The first-order chi connectivity index (χ1) is 14.2. The fourth-order valence-electron chi connectivity index (χ4n) is 3.82. The van der Waals surface area contributed by atoms with Gasteiger partial charge >= 0.3 is 6.09 Å². The summed E-state index contributed by atoms with van der Waals surface area (Å²) >= 11 is 0. The molecule has 3 rings (SSSR count). The van der Waals surface area contributed by atoms with E-state index >= 15 is 0 Å². The van der Waals surface area contributed by atoms with Gasteiger partial charge in [-0.05, 0) is 51.5 Å². The number of nitrogens with zero attached hydrogens (tertiary/aromatic N) is 3. The summed E-state index contributed by atoms with van der Waals surface area (Å²) in [6, 6.07) is 4.24. The van der Waals surface area contributed by atoms with Gasteiger partial charge in [0.1, 0.15) is 6.10 Å². The lowest BCUT2D eigenvalue weighted by Crippen LogP contribution is -2.49. The number of rotatable bonds is 6. The van der Waals surface area contributed by atoms with Crippen LogP contribution in [0.25, 0.3) is 0 Å². The number of pyridine rings is 1. The molecule has 0 bridgehead atoms. The van der Waals surface area contributed by atoms with E-state index in [2.05, 4.69) is 20.6 Å². The normalized spacial score (nSPS) is 17.9. The molecule has 9 heteroatoms. The van der Waals surface area contributed by atoms with Crippen molar-refractivity contribution in [3.8, 4) is 5.88 Å². The SMILES string of the molecule is CCOC(=O)N1CCC(NC(=NC)NCc2cccnc2OC2CCCC2)CC1.I. The highest BCUT2D eigenvalue weighted by Crippen LogP contribution is 2.25. The number of nitrogens with one attached hydrogen (secondary N) is 2. The van der Waals surface area contributed by atoms with Gasteiger partial charge in [0.2, 0.25) is 5.88 Å². The molecule has 1 saturated carbocycles. The molecule has 2 aliphatic rings. The first-order valence-electron chi connectivity index (χ1n) is 10.7. The third-order valence-corrected chi connectivity index (χ3v) is 5.46. The predicted molar refractivity (Wildman–Crippen MR) is 127 cm³/mol. The van der Waals surface area contributed by atoms with Gasteiger partial charge in [-0.1, -0.05) is 6.07 Å². The Morgan fingerprint density at radius 1 is 1.27 bits per heavy atom. The molecule has 1 amide bonds. The van der Waals surface area contributed by atoms with Crippen LogP contribution in [0.3, 0.4) is 0 Å². The highest BCUT2D eigenvalue weighted by Gasteiger charge is 2.24. The Hall–Kier alpha value is -1.78. The minimum Gasteiger partial charge on any atom is -0.474 e. The second-order valence-corrected chi connectivity index (χ2v) is 7.52. The first kappa shape index (κ1) is 24.5. The number of carbonyl (C=O) groups is 1. The summed E-state index contributed by atoms with van der Waals surface area (Å²) < 4.78 is 11.2. The van der Waals surface area contributed by atoms with E-state index in [0.29, 0.717) is 32.1 Å². The molecule has 0 aromatic carbocycles. The van der Waals surface area contributed by atoms with Crippen molar-refractivity contribution >= 4 is 36.0 Å². The molecule has 1 aromatic heterocycles. The number of halogens is 1. The Bertz CT molecular complexity index is 689. The third kappa shape index (κ3) is 7.17. The van der Waals surface area contributed by atoms with Crippen molar-refractivity contribution in [3.05, 3.63) is 23.9 Å². The number of guanidine groups is 1. The summed E-state index contributed by atoms with van der Waals surface area (Å²) in [6.07, 6.45) is 8.25. The van der Waals surface area contributed by atoms with Gasteiger partial charge in [-0.3, -0.25) is 4.99 Å². The van der Waals surface area contributed by atoms with E-state index in [1.807, 2.05) is 19.1 Å². The van der Waals surface area contributed by atoms with Crippen LogP contribution in [0.1, 0.15) is 51.0 Å². The molecule has 168 valence electrons. The highest BCUT2D eigenvalue weighted by molar-refractivity contribution is 14.0. The van der Waals surface area contributed by atoms with Crippen molar-refractivity contribution in [2.24, 2.45) is 4.99 Å². The van der Waals surface area contributed by atoms with Gasteiger partial charge in [-0.2, -0.15) is 0 Å². The fourth-order valence-corrected chi connectivity index (χ4v) is 3.82. The maximum atomic E-state index is 11.8. The minimum absolute atomic E-state index is 0. The molecular weight excluding hydrogens is 497 g/mol. The van der Waals surface area contributed by atoms with Crippen LogP contribution in [0.5, 0.6) is 5.88 Å². The zero-order valence-corrected chi connectivity index (χ0v) is 20.3. The summed E-state index contributed by atoms with van der Waals surface area (Å²) in [4.78, 5) is 22.4. The molecule has 1 aromatic rings. The Morgan fingerprint density at radius 3 is 2.67 bits per heavy atom. The monoisotopic (exact) mass is 531 g/mol. The predicted octanol–water partition coefficient (Wildman–Crippen LogP) is 3.31. The van der Waals surface area contributed by atoms with Crippen molar-refractivity contribution in [3.63, 3.8) is 0 Å². The van der Waals surface area contributed by atoms with Gasteiger partial charge in [-0.25, -0.2) is 9.78 Å². The standard InChI is InChI=1S/C21H33N5O3.HI/c1-3-28-21(27)26-13-10-17(11-14-26)25-20(22-2)24-15-16-7-6-12-23-19(16)29-18-8-4-5-9-18;/h6-7,12,17-18H,3-5,8-11,13-15H2,1-2H3,(H2,22,24,25);1H. The van der Waals surface area contributed by atoms with Crippen LogP contribution in [0.2, 0.25) is 0 Å². The van der Waals surface area contributed by atoms with Crippen LogP contribution in [0.15, 0.2) is 23.3 Å². The second-order valence-electron chi connectivity index (χ2n) is 7.52. The van der Waals surface area contributed by atoms with Gasteiger partial charge < -0.3 is 25.0 Å². The number of aromatic nitrogens is 1. The number of aliphatic imine (C=N–C) groups is 1. The van der Waals surface area contributed by atoms with E-state index < -0.39 is 0 Å². The zero-order chi connectivity index (χ0) is 20.5. The maximum absolute atomic E-state index is 11.8. The van der Waals surface area contributed by atoms with Crippen LogP contribution in [0, 0.1) is 0 Å². The Labute approximate surface area is 196 Å². The van der Waals surface area contributed by atoms with E-state index in [4.69, 9.17) is 9.47 Å². The Kier molecular flexibility index (Phi) is 10.5. The lowest BCUT2D eigenvalue weighted by molar-refractivity contribution is 0.0963. The average Bonchev–Trinajstić information content (AvgIpc) is 3.26. The largest absolute Gasteiger partial charge is 0.474 e. The molecule has 8 nitrogen and oxygen atoms in total. The van der Waals surface area contributed by atoms with Gasteiger partial charge in [0.05, 0.1) is 6.61 Å². The molecular formula is C21H34IN5O3. The molecule has 30 heavy (non-hydrogen) atoms. The molecule has 2 N–H and O–H groups in total. The average molecular weight is 531 g/mol. The van der Waals surface area contributed by atoms with E-state index in [0.717, 1.165) is 37.2 Å². The summed E-state index contributed by atoms with van der Waals surface area (Å²) in [5, 5.41) is 6.83. The summed E-state index contributed by atoms with van der Waals surface area (Å²) in [5.41, 5.74) is 1.03. The summed E-state index contributed by atoms with van der Waals surface area (Å²) in [7, 11) is 1.77. The van der Waals surface area contributed by atoms with Crippen molar-refractivity contribution in [2.75, 3.05) is 26.7 Å². The van der Waals surface area contributed by atoms with Gasteiger partial charge in [0, 0.05) is 44.5 Å². The number of amides is 1. The Balaban J connectivity index is 0.00000320. The van der Waals surface area contributed by atoms with E-state index in [-0.39, 0.29) is 42.2 Å². The fraction of sp³-hybridized carbons (Fsp3) is 0.667. The van der Waals surface area contributed by atoms with Crippen molar-refractivity contribution in [2.45, 2.75) is 64.1 Å². The van der Waals surface area contributed by atoms with Crippen LogP contribution >= 0.6 is 24.0 Å². The maximum Gasteiger partial charge on any atom is 0.409 e. The molecule has 0 radical (unpaired) electrons. The number of carbonyl (C=O) groups excluding carboxylic acids is 1. The second kappa shape index (κ2) is 12.8. The highest BCUT2D eigenvalue weighted by atomic mass is 127. The van der Waals surface area contributed by atoms with Crippen molar-refractivity contribution in [1.29, 1.82) is 0 Å². The number of hydrogen-bond acceptors (Lipinski definition) is 5. The molecule has 0 atom stereocenters. The van der Waals surface area contributed by atoms with Gasteiger partial charge in [-0.15, -0.1) is 24.0 Å². The minimum atomic E-state index is -0.222. The van der Waals surface area contributed by atoms with Crippen molar-refractivity contribution < 1.29 is 14.3 Å². The molecule has 0 spiro atoms. The smallest absolute Gasteiger partial charge is 0.409 e. The summed E-state index contributed by atoms with van der Waals surface area (Å²) in [5.74, 6) is 1.46. The molecule has 0 unspecified atom stereocenters. The molecule has 1 saturated heterocycles.